The van der Waals surface area contributed by atoms with E-state index >= 15 is 0 Å². The molecule has 2 heteroatoms. The predicted octanol–water partition coefficient (Wildman–Crippen LogP) is 3.95. The minimum Gasteiger partial charge on any atom is -0.344 e. The van der Waals surface area contributed by atoms with Crippen LogP contribution in [-0.4, -0.2) is 0 Å². The standard InChI is InChI=1S/C8H18.ClH.H3N/c1-3-5-7-8-6-4-2;;/h3-8H2,1-2H3;1H;1H3. The Labute approximate surface area is 71.6 Å². The van der Waals surface area contributed by atoms with E-state index in [-0.39, 0.29) is 18.6 Å². The topological polar surface area (TPSA) is 35.0 Å². The van der Waals surface area contributed by atoms with Crippen LogP contribution in [0, 0.1) is 0 Å². The molecule has 0 aliphatic rings. The van der Waals surface area contributed by atoms with Crippen LogP contribution in [0.25, 0.3) is 0 Å². The number of hydrogen-bond donors (Lipinski definition) is 1. The lowest BCUT2D eigenvalue weighted by Gasteiger charge is -1.93. The zero-order chi connectivity index (χ0) is 6.24. The summed E-state index contributed by atoms with van der Waals surface area (Å²) in [4.78, 5) is 0. The molecule has 66 valence electrons. The molecule has 10 heavy (non-hydrogen) atoms. The number of halogens is 1. The SMILES string of the molecule is CCCCCCCC.Cl.N. The molecule has 0 heterocycles. The molecule has 0 saturated heterocycles. The van der Waals surface area contributed by atoms with Gasteiger partial charge in [0.25, 0.3) is 0 Å². The Morgan fingerprint density at radius 3 is 1.20 bits per heavy atom. The van der Waals surface area contributed by atoms with Crippen molar-refractivity contribution in [3.8, 4) is 0 Å². The molecule has 1 nitrogen and oxygen atoms in total. The van der Waals surface area contributed by atoms with Crippen molar-refractivity contribution in [3.05, 3.63) is 0 Å². The highest BCUT2D eigenvalue weighted by Gasteiger charge is 1.83. The third-order valence-corrected chi connectivity index (χ3v) is 1.46. The zero-order valence-electron chi connectivity index (χ0n) is 7.36. The van der Waals surface area contributed by atoms with E-state index in [2.05, 4.69) is 13.8 Å². The number of unbranched alkanes of at least 4 members (excludes halogenated alkanes) is 5. The van der Waals surface area contributed by atoms with Crippen molar-refractivity contribution in [2.75, 3.05) is 0 Å². The zero-order valence-corrected chi connectivity index (χ0v) is 8.17. The Hall–Kier alpha value is 0.250. The Kier molecular flexibility index (Phi) is 26.9. The highest BCUT2D eigenvalue weighted by atomic mass is 35.5. The Bertz CT molecular complexity index is 34.2. The second-order valence-electron chi connectivity index (χ2n) is 2.41. The second kappa shape index (κ2) is 16.1. The molecule has 0 spiro atoms. The molecule has 0 aromatic rings. The van der Waals surface area contributed by atoms with E-state index in [9.17, 15) is 0 Å². The van der Waals surface area contributed by atoms with Crippen molar-refractivity contribution < 1.29 is 0 Å². The maximum absolute atomic E-state index is 2.26. The van der Waals surface area contributed by atoms with Crippen LogP contribution in [0.2, 0.25) is 0 Å². The van der Waals surface area contributed by atoms with Gasteiger partial charge in [-0.05, 0) is 0 Å². The van der Waals surface area contributed by atoms with Gasteiger partial charge in [0, 0.05) is 0 Å². The van der Waals surface area contributed by atoms with Crippen LogP contribution < -0.4 is 6.15 Å². The third kappa shape index (κ3) is 15.7. The molecule has 0 radical (unpaired) electrons. The summed E-state index contributed by atoms with van der Waals surface area (Å²) in [5.74, 6) is 0. The van der Waals surface area contributed by atoms with Crippen LogP contribution in [0.1, 0.15) is 52.4 Å². The van der Waals surface area contributed by atoms with Crippen LogP contribution in [-0.2, 0) is 0 Å². The van der Waals surface area contributed by atoms with E-state index in [1.807, 2.05) is 0 Å². The average molecular weight is 168 g/mol. The summed E-state index contributed by atoms with van der Waals surface area (Å²) in [5.41, 5.74) is 0. The van der Waals surface area contributed by atoms with Crippen LogP contribution >= 0.6 is 12.4 Å². The van der Waals surface area contributed by atoms with Gasteiger partial charge < -0.3 is 6.15 Å². The molecule has 0 unspecified atom stereocenters. The van der Waals surface area contributed by atoms with E-state index in [1.165, 1.54) is 38.5 Å². The molecule has 0 saturated carbocycles. The highest BCUT2D eigenvalue weighted by Crippen LogP contribution is 2.03. The van der Waals surface area contributed by atoms with Gasteiger partial charge >= 0.3 is 0 Å². The fourth-order valence-electron chi connectivity index (χ4n) is 0.854. The van der Waals surface area contributed by atoms with Crippen molar-refractivity contribution in [1.82, 2.24) is 6.15 Å². The first-order chi connectivity index (χ1) is 3.91. The summed E-state index contributed by atoms with van der Waals surface area (Å²) < 4.78 is 0. The summed E-state index contributed by atoms with van der Waals surface area (Å²) in [6, 6.07) is 0. The monoisotopic (exact) mass is 167 g/mol. The maximum Gasteiger partial charge on any atom is -0.0533 e. The molecule has 0 aromatic heterocycles. The van der Waals surface area contributed by atoms with Crippen molar-refractivity contribution in [2.24, 2.45) is 0 Å². The number of hydrogen-bond acceptors (Lipinski definition) is 1. The lowest BCUT2D eigenvalue weighted by molar-refractivity contribution is 0.624. The van der Waals surface area contributed by atoms with E-state index < -0.39 is 0 Å². The first kappa shape index (κ1) is 16.7. The minimum atomic E-state index is 0. The molecule has 0 atom stereocenters. The molecule has 0 fully saturated rings. The second-order valence-corrected chi connectivity index (χ2v) is 2.41. The van der Waals surface area contributed by atoms with Crippen molar-refractivity contribution in [1.29, 1.82) is 0 Å². The molecule has 0 aliphatic heterocycles. The van der Waals surface area contributed by atoms with Crippen molar-refractivity contribution in [3.63, 3.8) is 0 Å². The number of rotatable bonds is 5. The van der Waals surface area contributed by atoms with Gasteiger partial charge in [-0.1, -0.05) is 52.4 Å². The molecule has 0 rings (SSSR count). The summed E-state index contributed by atoms with van der Waals surface area (Å²) in [6.45, 7) is 4.51. The van der Waals surface area contributed by atoms with Crippen LogP contribution in [0.4, 0.5) is 0 Å². The Balaban J connectivity index is -0.000000245. The smallest absolute Gasteiger partial charge is 0.0533 e. The van der Waals surface area contributed by atoms with Gasteiger partial charge in [-0.3, -0.25) is 0 Å². The van der Waals surface area contributed by atoms with Gasteiger partial charge in [-0.25, -0.2) is 0 Å². The fourth-order valence-corrected chi connectivity index (χ4v) is 0.854. The van der Waals surface area contributed by atoms with Gasteiger partial charge in [-0.2, -0.15) is 0 Å². The molecular weight excluding hydrogens is 146 g/mol. The summed E-state index contributed by atoms with van der Waals surface area (Å²) in [7, 11) is 0. The Morgan fingerprint density at radius 2 is 1.00 bits per heavy atom. The Morgan fingerprint density at radius 1 is 0.700 bits per heavy atom. The van der Waals surface area contributed by atoms with Crippen LogP contribution in [0.3, 0.4) is 0 Å². The van der Waals surface area contributed by atoms with E-state index in [1.54, 1.807) is 0 Å². The molecule has 0 bridgehead atoms. The average Bonchev–Trinajstić information content (AvgIpc) is 1.81. The molecule has 0 aliphatic carbocycles. The fraction of sp³-hybridized carbons (Fsp3) is 1.00. The minimum absolute atomic E-state index is 0. The maximum atomic E-state index is 2.26. The first-order valence-corrected chi connectivity index (χ1v) is 3.91. The summed E-state index contributed by atoms with van der Waals surface area (Å²) >= 11 is 0. The first-order valence-electron chi connectivity index (χ1n) is 3.91. The molecule has 0 amide bonds. The van der Waals surface area contributed by atoms with Crippen molar-refractivity contribution in [2.45, 2.75) is 52.4 Å². The summed E-state index contributed by atoms with van der Waals surface area (Å²) in [6.07, 6.45) is 8.49. The lowest BCUT2D eigenvalue weighted by atomic mass is 10.1. The third-order valence-electron chi connectivity index (χ3n) is 1.46. The van der Waals surface area contributed by atoms with Crippen LogP contribution in [0.5, 0.6) is 0 Å². The van der Waals surface area contributed by atoms with Crippen LogP contribution in [0.15, 0.2) is 0 Å². The van der Waals surface area contributed by atoms with Gasteiger partial charge in [0.1, 0.15) is 0 Å². The molecular formula is C8H22ClN. The lowest BCUT2D eigenvalue weighted by Crippen LogP contribution is -1.73. The van der Waals surface area contributed by atoms with Gasteiger partial charge in [0.05, 0.1) is 0 Å². The van der Waals surface area contributed by atoms with Gasteiger partial charge in [0.15, 0.2) is 0 Å². The van der Waals surface area contributed by atoms with E-state index in [4.69, 9.17) is 0 Å². The van der Waals surface area contributed by atoms with Crippen molar-refractivity contribution >= 4 is 12.4 Å². The van der Waals surface area contributed by atoms with E-state index in [0.29, 0.717) is 0 Å². The van der Waals surface area contributed by atoms with Gasteiger partial charge in [-0.15, -0.1) is 12.4 Å². The molecule has 3 N–H and O–H groups in total. The quantitative estimate of drug-likeness (QED) is 0.619. The normalized spacial score (nSPS) is 7.80. The van der Waals surface area contributed by atoms with E-state index in [0.717, 1.165) is 0 Å². The largest absolute Gasteiger partial charge is 0.344 e. The predicted molar refractivity (Wildman–Crippen MR) is 51.3 cm³/mol. The summed E-state index contributed by atoms with van der Waals surface area (Å²) in [5, 5.41) is 0. The highest BCUT2D eigenvalue weighted by molar-refractivity contribution is 5.85. The van der Waals surface area contributed by atoms with Gasteiger partial charge in [0.2, 0.25) is 0 Å². The molecule has 0 aromatic carbocycles.